The van der Waals surface area contributed by atoms with E-state index in [1.807, 2.05) is 6.92 Å². The van der Waals surface area contributed by atoms with Crippen molar-refractivity contribution in [1.82, 2.24) is 20.9 Å². The molecule has 2 fully saturated rings. The van der Waals surface area contributed by atoms with Gasteiger partial charge in [0.15, 0.2) is 0 Å². The first-order valence-electron chi connectivity index (χ1n) is 9.64. The number of hydrogen-bond donors (Lipinski definition) is 2. The number of halogens is 2. The van der Waals surface area contributed by atoms with E-state index in [-0.39, 0.29) is 23.8 Å². The standard InChI is InChI=1S/C20H26ClFN4O/c1-12-13(2)25-27-20(12)14-10-23-24-19(14)18-8-3-4-9-26(18)11-15-16(21)6-5-7-17(15)22/h5-7,14,18-19,23-24H,3-4,8-11H2,1-2H3. The summed E-state index contributed by atoms with van der Waals surface area (Å²) >= 11 is 6.29. The molecule has 0 aliphatic carbocycles. The number of piperidine rings is 1. The van der Waals surface area contributed by atoms with Crippen LogP contribution in [-0.4, -0.2) is 35.2 Å². The SMILES string of the molecule is Cc1noc(C2CNNC2C2CCCCN2Cc2c(F)cccc2Cl)c1C. The first-order chi connectivity index (χ1) is 13.1. The second-order valence-corrected chi connectivity index (χ2v) is 8.06. The van der Waals surface area contributed by atoms with Gasteiger partial charge >= 0.3 is 0 Å². The van der Waals surface area contributed by atoms with Crippen molar-refractivity contribution in [3.8, 4) is 0 Å². The summed E-state index contributed by atoms with van der Waals surface area (Å²) in [4.78, 5) is 2.37. The molecule has 1 aromatic heterocycles. The molecule has 1 aromatic carbocycles. The van der Waals surface area contributed by atoms with Crippen LogP contribution in [0.25, 0.3) is 0 Å². The number of hydrogen-bond acceptors (Lipinski definition) is 5. The summed E-state index contributed by atoms with van der Waals surface area (Å²) in [5.41, 5.74) is 9.39. The van der Waals surface area contributed by atoms with Crippen molar-refractivity contribution in [1.29, 1.82) is 0 Å². The predicted molar refractivity (Wildman–Crippen MR) is 103 cm³/mol. The quantitative estimate of drug-likeness (QED) is 0.830. The second kappa shape index (κ2) is 7.87. The molecule has 4 rings (SSSR count). The number of aryl methyl sites for hydroxylation is 1. The molecule has 2 aliphatic rings. The van der Waals surface area contributed by atoms with Gasteiger partial charge in [0, 0.05) is 41.3 Å². The van der Waals surface area contributed by atoms with Crippen molar-refractivity contribution in [2.75, 3.05) is 13.1 Å². The molecule has 2 aromatic rings. The largest absolute Gasteiger partial charge is 0.360 e. The van der Waals surface area contributed by atoms with Gasteiger partial charge in [-0.3, -0.25) is 15.8 Å². The molecule has 0 amide bonds. The van der Waals surface area contributed by atoms with Crippen LogP contribution in [0.4, 0.5) is 4.39 Å². The average molecular weight is 393 g/mol. The Kier molecular flexibility index (Phi) is 5.50. The first-order valence-corrected chi connectivity index (χ1v) is 10.0. The fourth-order valence-corrected chi connectivity index (χ4v) is 4.64. The van der Waals surface area contributed by atoms with Crippen molar-refractivity contribution >= 4 is 11.6 Å². The van der Waals surface area contributed by atoms with E-state index >= 15 is 0 Å². The summed E-state index contributed by atoms with van der Waals surface area (Å²) in [6.45, 7) is 6.30. The Labute approximate surface area is 164 Å². The van der Waals surface area contributed by atoms with Gasteiger partial charge in [-0.2, -0.15) is 0 Å². The summed E-state index contributed by atoms with van der Waals surface area (Å²) in [5, 5.41) is 4.63. The normalized spacial score (nSPS) is 26.6. The van der Waals surface area contributed by atoms with E-state index in [0.717, 1.165) is 42.9 Å². The van der Waals surface area contributed by atoms with Crippen LogP contribution in [0.15, 0.2) is 22.7 Å². The molecule has 146 valence electrons. The van der Waals surface area contributed by atoms with E-state index in [1.165, 1.54) is 12.5 Å². The highest BCUT2D eigenvalue weighted by atomic mass is 35.5. The van der Waals surface area contributed by atoms with Crippen LogP contribution in [0, 0.1) is 19.7 Å². The van der Waals surface area contributed by atoms with E-state index in [0.29, 0.717) is 17.1 Å². The van der Waals surface area contributed by atoms with Crippen molar-refractivity contribution in [2.24, 2.45) is 0 Å². The highest BCUT2D eigenvalue weighted by Crippen LogP contribution is 2.34. The molecule has 2 saturated heterocycles. The molecule has 3 atom stereocenters. The van der Waals surface area contributed by atoms with Gasteiger partial charge in [-0.1, -0.05) is 29.2 Å². The summed E-state index contributed by atoms with van der Waals surface area (Å²) in [5.74, 6) is 0.917. The van der Waals surface area contributed by atoms with Gasteiger partial charge in [-0.15, -0.1) is 0 Å². The van der Waals surface area contributed by atoms with E-state index in [9.17, 15) is 4.39 Å². The van der Waals surface area contributed by atoms with Gasteiger partial charge in [-0.05, 0) is 45.4 Å². The van der Waals surface area contributed by atoms with E-state index in [2.05, 4.69) is 27.8 Å². The zero-order valence-electron chi connectivity index (χ0n) is 15.8. The monoisotopic (exact) mass is 392 g/mol. The third-order valence-corrected chi connectivity index (χ3v) is 6.41. The molecule has 3 unspecified atom stereocenters. The predicted octanol–water partition coefficient (Wildman–Crippen LogP) is 3.70. The molecule has 3 heterocycles. The Balaban J connectivity index is 1.59. The minimum Gasteiger partial charge on any atom is -0.360 e. The van der Waals surface area contributed by atoms with Crippen LogP contribution in [0.2, 0.25) is 5.02 Å². The molecule has 0 radical (unpaired) electrons. The fraction of sp³-hybridized carbons (Fsp3) is 0.550. The van der Waals surface area contributed by atoms with Gasteiger partial charge in [-0.25, -0.2) is 4.39 Å². The van der Waals surface area contributed by atoms with Crippen molar-refractivity contribution in [2.45, 2.75) is 57.7 Å². The van der Waals surface area contributed by atoms with Crippen LogP contribution >= 0.6 is 11.6 Å². The Bertz CT molecular complexity index is 791. The smallest absolute Gasteiger partial charge is 0.145 e. The number of aromatic nitrogens is 1. The molecular weight excluding hydrogens is 367 g/mol. The highest BCUT2D eigenvalue weighted by Gasteiger charge is 2.41. The molecule has 0 saturated carbocycles. The van der Waals surface area contributed by atoms with Gasteiger partial charge < -0.3 is 4.52 Å². The Morgan fingerprint density at radius 3 is 2.93 bits per heavy atom. The molecule has 2 N–H and O–H groups in total. The number of nitrogens with one attached hydrogen (secondary N) is 2. The van der Waals surface area contributed by atoms with Crippen molar-refractivity contribution in [3.63, 3.8) is 0 Å². The number of rotatable bonds is 4. The topological polar surface area (TPSA) is 53.3 Å². The maximum absolute atomic E-state index is 14.3. The number of benzene rings is 1. The van der Waals surface area contributed by atoms with Crippen molar-refractivity contribution < 1.29 is 8.91 Å². The molecular formula is C20H26ClFN4O. The number of nitrogens with zero attached hydrogens (tertiary/aromatic N) is 2. The second-order valence-electron chi connectivity index (χ2n) is 7.65. The van der Waals surface area contributed by atoms with E-state index in [1.54, 1.807) is 12.1 Å². The van der Waals surface area contributed by atoms with Gasteiger partial charge in [0.1, 0.15) is 11.6 Å². The first kappa shape index (κ1) is 18.9. The maximum atomic E-state index is 14.3. The third-order valence-electron chi connectivity index (χ3n) is 6.06. The molecule has 5 nitrogen and oxygen atoms in total. The maximum Gasteiger partial charge on any atom is 0.145 e. The molecule has 27 heavy (non-hydrogen) atoms. The lowest BCUT2D eigenvalue weighted by atomic mass is 9.85. The van der Waals surface area contributed by atoms with Crippen LogP contribution in [0.5, 0.6) is 0 Å². The zero-order chi connectivity index (χ0) is 19.0. The van der Waals surface area contributed by atoms with Crippen LogP contribution in [-0.2, 0) is 6.54 Å². The summed E-state index contributed by atoms with van der Waals surface area (Å²) < 4.78 is 20.0. The molecule has 7 heteroatoms. The number of likely N-dealkylation sites (tertiary alicyclic amines) is 1. The third kappa shape index (κ3) is 3.63. The molecule has 2 aliphatic heterocycles. The summed E-state index contributed by atoms with van der Waals surface area (Å²) in [6, 6.07) is 5.36. The minimum atomic E-state index is -0.234. The van der Waals surface area contributed by atoms with Crippen LogP contribution in [0.1, 0.15) is 47.8 Å². The fourth-order valence-electron chi connectivity index (χ4n) is 4.42. The van der Waals surface area contributed by atoms with Crippen LogP contribution in [0.3, 0.4) is 0 Å². The Morgan fingerprint density at radius 1 is 1.33 bits per heavy atom. The van der Waals surface area contributed by atoms with Gasteiger partial charge in [0.2, 0.25) is 0 Å². The molecule has 0 bridgehead atoms. The van der Waals surface area contributed by atoms with Gasteiger partial charge in [0.25, 0.3) is 0 Å². The van der Waals surface area contributed by atoms with E-state index in [4.69, 9.17) is 16.1 Å². The summed E-state index contributed by atoms with van der Waals surface area (Å²) in [6.07, 6.45) is 3.35. The number of hydrazine groups is 1. The lowest BCUT2D eigenvalue weighted by Crippen LogP contribution is -2.52. The minimum absolute atomic E-state index is 0.182. The lowest BCUT2D eigenvalue weighted by Gasteiger charge is -2.40. The lowest BCUT2D eigenvalue weighted by molar-refractivity contribution is 0.102. The van der Waals surface area contributed by atoms with Crippen molar-refractivity contribution in [3.05, 3.63) is 51.6 Å². The van der Waals surface area contributed by atoms with Gasteiger partial charge in [0.05, 0.1) is 11.6 Å². The highest BCUT2D eigenvalue weighted by molar-refractivity contribution is 6.31. The average Bonchev–Trinajstić information content (AvgIpc) is 3.26. The Hall–Kier alpha value is -1.47. The van der Waals surface area contributed by atoms with Crippen LogP contribution < -0.4 is 10.9 Å². The zero-order valence-corrected chi connectivity index (χ0v) is 16.5. The Morgan fingerprint density at radius 2 is 2.19 bits per heavy atom. The van der Waals surface area contributed by atoms with E-state index < -0.39 is 0 Å². The molecule has 0 spiro atoms. The summed E-state index contributed by atoms with van der Waals surface area (Å²) in [7, 11) is 0.